The second-order valence-corrected chi connectivity index (χ2v) is 10.9. The molecular formula is C25H32ClN7O3S. The molecule has 2 aromatic heterocycles. The zero-order chi connectivity index (χ0) is 26.4. The van der Waals surface area contributed by atoms with Crippen LogP contribution in [0.25, 0.3) is 11.0 Å². The van der Waals surface area contributed by atoms with Crippen LogP contribution >= 0.6 is 23.4 Å². The van der Waals surface area contributed by atoms with Gasteiger partial charge in [-0.3, -0.25) is 9.59 Å². The number of hydrogen-bond donors (Lipinski definition) is 2. The van der Waals surface area contributed by atoms with Crippen molar-refractivity contribution in [3.05, 3.63) is 35.5 Å². The summed E-state index contributed by atoms with van der Waals surface area (Å²) in [6, 6.07) is 7.05. The molecule has 1 saturated heterocycles. The van der Waals surface area contributed by atoms with Crippen molar-refractivity contribution in [2.45, 2.75) is 44.1 Å². The first kappa shape index (κ1) is 27.2. The van der Waals surface area contributed by atoms with E-state index in [-0.39, 0.29) is 18.2 Å². The van der Waals surface area contributed by atoms with E-state index in [2.05, 4.69) is 34.6 Å². The minimum Gasteiger partial charge on any atom is -0.380 e. The van der Waals surface area contributed by atoms with Crippen LogP contribution in [0.15, 0.2) is 35.6 Å². The molecule has 1 aliphatic rings. The average molecular weight is 546 g/mol. The van der Waals surface area contributed by atoms with Crippen molar-refractivity contribution in [2.75, 3.05) is 43.1 Å². The van der Waals surface area contributed by atoms with Crippen molar-refractivity contribution in [3.8, 4) is 0 Å². The molecular weight excluding hydrogens is 514 g/mol. The molecule has 1 aliphatic heterocycles. The smallest absolute Gasteiger partial charge is 0.227 e. The molecule has 0 bridgehead atoms. The zero-order valence-electron chi connectivity index (χ0n) is 21.2. The van der Waals surface area contributed by atoms with Gasteiger partial charge in [0.2, 0.25) is 11.8 Å². The summed E-state index contributed by atoms with van der Waals surface area (Å²) in [5.41, 5.74) is 1.45. The van der Waals surface area contributed by atoms with Crippen LogP contribution in [-0.4, -0.2) is 69.7 Å². The maximum Gasteiger partial charge on any atom is 0.227 e. The van der Waals surface area contributed by atoms with Crippen LogP contribution in [0.2, 0.25) is 5.02 Å². The van der Waals surface area contributed by atoms with E-state index >= 15 is 0 Å². The molecule has 1 atom stereocenters. The summed E-state index contributed by atoms with van der Waals surface area (Å²) in [5, 5.41) is 13.2. The molecule has 37 heavy (non-hydrogen) atoms. The van der Waals surface area contributed by atoms with Crippen molar-refractivity contribution in [2.24, 2.45) is 5.92 Å². The molecule has 0 saturated carbocycles. The van der Waals surface area contributed by atoms with Gasteiger partial charge < -0.3 is 20.3 Å². The summed E-state index contributed by atoms with van der Waals surface area (Å²) in [4.78, 5) is 36.4. The molecule has 2 amide bonds. The minimum absolute atomic E-state index is 0.0724. The van der Waals surface area contributed by atoms with E-state index in [9.17, 15) is 9.59 Å². The van der Waals surface area contributed by atoms with Gasteiger partial charge in [-0.05, 0) is 31.2 Å². The lowest BCUT2D eigenvalue weighted by Crippen LogP contribution is -2.35. The Balaban J connectivity index is 1.39. The lowest BCUT2D eigenvalue weighted by atomic mass is 10.1. The Morgan fingerprint density at radius 3 is 2.76 bits per heavy atom. The van der Waals surface area contributed by atoms with Gasteiger partial charge in [0.25, 0.3) is 0 Å². The van der Waals surface area contributed by atoms with Crippen LogP contribution in [0.4, 0.5) is 11.5 Å². The second-order valence-electron chi connectivity index (χ2n) is 8.92. The summed E-state index contributed by atoms with van der Waals surface area (Å²) >= 11 is 7.53. The van der Waals surface area contributed by atoms with Crippen LogP contribution in [0.1, 0.15) is 27.2 Å². The molecule has 2 N–H and O–H groups in total. The lowest BCUT2D eigenvalue weighted by molar-refractivity contribution is -0.126. The van der Waals surface area contributed by atoms with Crippen molar-refractivity contribution in [3.63, 3.8) is 0 Å². The Hall–Kier alpha value is -2.89. The number of thioether (sulfide) groups is 1. The highest BCUT2D eigenvalue weighted by Gasteiger charge is 2.35. The molecule has 1 unspecified atom stereocenters. The number of halogens is 1. The highest BCUT2D eigenvalue weighted by atomic mass is 35.5. The van der Waals surface area contributed by atoms with E-state index in [0.717, 1.165) is 16.9 Å². The van der Waals surface area contributed by atoms with Gasteiger partial charge in [0.15, 0.2) is 10.8 Å². The van der Waals surface area contributed by atoms with Gasteiger partial charge in [-0.1, -0.05) is 37.2 Å². The molecule has 1 fully saturated rings. The van der Waals surface area contributed by atoms with Gasteiger partial charge in [0.05, 0.1) is 30.7 Å². The number of ether oxygens (including phenoxy) is 1. The fourth-order valence-electron chi connectivity index (χ4n) is 4.07. The number of aromatic nitrogens is 4. The number of carbonyl (C=O) groups excluding carboxylic acids is 2. The number of carbonyl (C=O) groups is 2. The standard InChI is InChI=1S/C25H32ClN7O3S/c1-4-36-12-10-27-22-20-14-29-33(23(20)31-25(30-22)37-16(2)3)11-9-28-24(35)17-13-21(34)32(15-17)19-7-5-18(26)6-8-19/h5-8,14,16-17H,4,9-13,15H2,1-3H3,(H,28,35)(H,27,30,31). The normalized spacial score (nSPS) is 15.6. The third kappa shape index (κ3) is 6.91. The average Bonchev–Trinajstić information content (AvgIpc) is 3.45. The Morgan fingerprint density at radius 1 is 1.24 bits per heavy atom. The summed E-state index contributed by atoms with van der Waals surface area (Å²) in [6.45, 7) is 9.16. The van der Waals surface area contributed by atoms with Crippen LogP contribution in [0.5, 0.6) is 0 Å². The highest BCUT2D eigenvalue weighted by molar-refractivity contribution is 7.99. The third-order valence-corrected chi connectivity index (χ3v) is 6.93. The molecule has 3 heterocycles. The van der Waals surface area contributed by atoms with Crippen LogP contribution in [-0.2, 0) is 20.9 Å². The van der Waals surface area contributed by atoms with E-state index < -0.39 is 5.92 Å². The molecule has 10 nitrogen and oxygen atoms in total. The summed E-state index contributed by atoms with van der Waals surface area (Å²) in [7, 11) is 0. The predicted molar refractivity (Wildman–Crippen MR) is 146 cm³/mol. The van der Waals surface area contributed by atoms with E-state index in [1.165, 1.54) is 0 Å². The summed E-state index contributed by atoms with van der Waals surface area (Å²) < 4.78 is 7.20. The van der Waals surface area contributed by atoms with E-state index in [1.807, 2.05) is 6.92 Å². The predicted octanol–water partition coefficient (Wildman–Crippen LogP) is 3.60. The Bertz CT molecular complexity index is 1230. The van der Waals surface area contributed by atoms with Crippen LogP contribution < -0.4 is 15.5 Å². The van der Waals surface area contributed by atoms with Crippen molar-refractivity contribution in [1.82, 2.24) is 25.1 Å². The van der Waals surface area contributed by atoms with Crippen LogP contribution in [0.3, 0.4) is 0 Å². The minimum atomic E-state index is -0.407. The summed E-state index contributed by atoms with van der Waals surface area (Å²) in [5.74, 6) is 0.0898. The number of benzene rings is 1. The molecule has 3 aromatic rings. The number of amides is 2. The van der Waals surface area contributed by atoms with Gasteiger partial charge >= 0.3 is 0 Å². The molecule has 198 valence electrons. The summed E-state index contributed by atoms with van der Waals surface area (Å²) in [6.07, 6.45) is 1.92. The lowest BCUT2D eigenvalue weighted by Gasteiger charge is -2.16. The molecule has 0 radical (unpaired) electrons. The van der Waals surface area contributed by atoms with E-state index in [1.54, 1.807) is 51.8 Å². The second kappa shape index (κ2) is 12.6. The van der Waals surface area contributed by atoms with Crippen molar-refractivity contribution in [1.29, 1.82) is 0 Å². The van der Waals surface area contributed by atoms with Gasteiger partial charge in [0.1, 0.15) is 5.82 Å². The first-order chi connectivity index (χ1) is 17.9. The molecule has 0 aliphatic carbocycles. The maximum atomic E-state index is 12.8. The number of rotatable bonds is 12. The monoisotopic (exact) mass is 545 g/mol. The number of nitrogens with one attached hydrogen (secondary N) is 2. The van der Waals surface area contributed by atoms with Crippen molar-refractivity contribution >= 4 is 57.7 Å². The fraction of sp³-hybridized carbons (Fsp3) is 0.480. The highest BCUT2D eigenvalue weighted by Crippen LogP contribution is 2.27. The van der Waals surface area contributed by atoms with E-state index in [4.69, 9.17) is 21.3 Å². The topological polar surface area (TPSA) is 114 Å². The zero-order valence-corrected chi connectivity index (χ0v) is 22.8. The van der Waals surface area contributed by atoms with Crippen molar-refractivity contribution < 1.29 is 14.3 Å². The Labute approximate surface area is 225 Å². The number of fused-ring (bicyclic) bond motifs is 1. The third-order valence-electron chi connectivity index (χ3n) is 5.82. The SMILES string of the molecule is CCOCCNc1nc(SC(C)C)nc2c1cnn2CCNC(=O)C1CC(=O)N(c2ccc(Cl)cc2)C1. The van der Waals surface area contributed by atoms with E-state index in [0.29, 0.717) is 60.5 Å². The first-order valence-electron chi connectivity index (χ1n) is 12.4. The Kier molecular flexibility index (Phi) is 9.23. The van der Waals surface area contributed by atoms with Gasteiger partial charge in [-0.2, -0.15) is 5.10 Å². The molecule has 1 aromatic carbocycles. The largest absolute Gasteiger partial charge is 0.380 e. The number of hydrogen-bond acceptors (Lipinski definition) is 8. The number of anilines is 2. The number of nitrogens with zero attached hydrogens (tertiary/aromatic N) is 5. The maximum absolute atomic E-state index is 12.8. The fourth-order valence-corrected chi connectivity index (χ4v) is 4.90. The van der Waals surface area contributed by atoms with Gasteiger partial charge in [-0.25, -0.2) is 14.6 Å². The van der Waals surface area contributed by atoms with Crippen LogP contribution in [0, 0.1) is 5.92 Å². The molecule has 0 spiro atoms. The van der Waals surface area contributed by atoms with Gasteiger partial charge in [0, 0.05) is 48.6 Å². The quantitative estimate of drug-likeness (QED) is 0.201. The molecule has 4 rings (SSSR count). The molecule has 12 heteroatoms. The first-order valence-corrected chi connectivity index (χ1v) is 13.7. The van der Waals surface area contributed by atoms with Gasteiger partial charge in [-0.15, -0.1) is 0 Å². The Morgan fingerprint density at radius 2 is 2.03 bits per heavy atom.